The van der Waals surface area contributed by atoms with Gasteiger partial charge in [-0.15, -0.1) is 0 Å². The lowest BCUT2D eigenvalue weighted by Gasteiger charge is -2.38. The lowest BCUT2D eigenvalue weighted by Crippen LogP contribution is -2.56. The molecule has 1 aliphatic heterocycles. The van der Waals surface area contributed by atoms with Gasteiger partial charge in [-0.2, -0.15) is 4.37 Å². The van der Waals surface area contributed by atoms with Crippen LogP contribution in [-0.2, 0) is 6.42 Å². The Morgan fingerprint density at radius 1 is 1.56 bits per heavy atom. The van der Waals surface area contributed by atoms with Gasteiger partial charge in [-0.1, -0.05) is 13.8 Å². The van der Waals surface area contributed by atoms with Crippen molar-refractivity contribution in [3.05, 3.63) is 5.82 Å². The predicted molar refractivity (Wildman–Crippen MR) is 73.9 cm³/mol. The Hall–Kier alpha value is -0.720. The predicted octanol–water partition coefficient (Wildman–Crippen LogP) is 1.03. The number of hydrogen-bond donors (Lipinski definition) is 2. The smallest absolute Gasteiger partial charge is 0.205 e. The largest absolute Gasteiger partial charge is 0.394 e. The van der Waals surface area contributed by atoms with E-state index in [0.717, 1.165) is 36.8 Å². The number of aromatic nitrogens is 2. The second kappa shape index (κ2) is 5.50. The summed E-state index contributed by atoms with van der Waals surface area (Å²) in [7, 11) is 0. The summed E-state index contributed by atoms with van der Waals surface area (Å²) in [6.45, 7) is 5.98. The first kappa shape index (κ1) is 13.7. The number of nitrogens with two attached hydrogens (primary N) is 1. The van der Waals surface area contributed by atoms with Crippen LogP contribution in [0.2, 0.25) is 0 Å². The monoisotopic (exact) mass is 270 g/mol. The van der Waals surface area contributed by atoms with Crippen LogP contribution < -0.4 is 10.6 Å². The summed E-state index contributed by atoms with van der Waals surface area (Å²) < 4.78 is 4.39. The first-order chi connectivity index (χ1) is 8.52. The molecule has 1 atom stereocenters. The Kier molecular flexibility index (Phi) is 4.19. The fourth-order valence-corrected chi connectivity index (χ4v) is 2.99. The molecule has 0 aromatic carbocycles. The zero-order valence-corrected chi connectivity index (χ0v) is 11.9. The van der Waals surface area contributed by atoms with Crippen LogP contribution in [0.3, 0.4) is 0 Å². The molecule has 1 fully saturated rings. The first-order valence-electron chi connectivity index (χ1n) is 6.50. The zero-order valence-electron chi connectivity index (χ0n) is 11.1. The van der Waals surface area contributed by atoms with E-state index in [4.69, 9.17) is 5.73 Å². The Morgan fingerprint density at radius 2 is 2.33 bits per heavy atom. The van der Waals surface area contributed by atoms with Gasteiger partial charge >= 0.3 is 0 Å². The minimum absolute atomic E-state index is 0.0289. The third-order valence-electron chi connectivity index (χ3n) is 3.24. The highest BCUT2D eigenvalue weighted by Crippen LogP contribution is 2.26. The lowest BCUT2D eigenvalue weighted by atomic mass is 9.91. The van der Waals surface area contributed by atoms with E-state index in [1.807, 2.05) is 0 Å². The number of anilines is 1. The highest BCUT2D eigenvalue weighted by Gasteiger charge is 2.32. The Morgan fingerprint density at radius 3 is 3.00 bits per heavy atom. The number of nitrogens with zero attached hydrogens (tertiary/aromatic N) is 3. The minimum atomic E-state index is -0.484. The van der Waals surface area contributed by atoms with Gasteiger partial charge in [0.1, 0.15) is 5.82 Å². The van der Waals surface area contributed by atoms with E-state index in [1.54, 1.807) is 0 Å². The normalized spacial score (nSPS) is 24.8. The quantitative estimate of drug-likeness (QED) is 0.854. The Labute approximate surface area is 112 Å². The van der Waals surface area contributed by atoms with E-state index in [-0.39, 0.29) is 6.61 Å². The van der Waals surface area contributed by atoms with Crippen molar-refractivity contribution in [3.63, 3.8) is 0 Å². The van der Waals surface area contributed by atoms with Crippen molar-refractivity contribution in [2.75, 3.05) is 24.6 Å². The van der Waals surface area contributed by atoms with Crippen molar-refractivity contribution in [1.29, 1.82) is 0 Å². The third kappa shape index (κ3) is 3.18. The lowest BCUT2D eigenvalue weighted by molar-refractivity contribution is 0.177. The molecule has 0 radical (unpaired) electrons. The Bertz CT molecular complexity index is 395. The van der Waals surface area contributed by atoms with E-state index < -0.39 is 5.54 Å². The molecule has 18 heavy (non-hydrogen) atoms. The SMILES string of the molecule is CC(C)Cc1nsc(N2CCCC(N)(CO)C2)n1. The highest BCUT2D eigenvalue weighted by molar-refractivity contribution is 7.09. The molecule has 3 N–H and O–H groups in total. The van der Waals surface area contributed by atoms with Crippen molar-refractivity contribution in [2.24, 2.45) is 11.7 Å². The molecule has 0 amide bonds. The zero-order chi connectivity index (χ0) is 13.2. The minimum Gasteiger partial charge on any atom is -0.394 e. The van der Waals surface area contributed by atoms with Crippen LogP contribution in [-0.4, -0.2) is 39.7 Å². The molecule has 1 unspecified atom stereocenters. The molecule has 2 heterocycles. The maximum atomic E-state index is 9.35. The van der Waals surface area contributed by atoms with Gasteiger partial charge in [-0.05, 0) is 18.8 Å². The standard InChI is InChI=1S/C12H22N4OS/c1-9(2)6-10-14-11(18-15-10)16-5-3-4-12(13,7-16)8-17/h9,17H,3-8,13H2,1-2H3. The van der Waals surface area contributed by atoms with E-state index in [0.29, 0.717) is 12.5 Å². The van der Waals surface area contributed by atoms with Gasteiger partial charge in [-0.25, -0.2) is 4.98 Å². The summed E-state index contributed by atoms with van der Waals surface area (Å²) in [5.74, 6) is 1.49. The second-order valence-electron chi connectivity index (χ2n) is 5.64. The molecule has 0 saturated carbocycles. The molecule has 0 aliphatic carbocycles. The Balaban J connectivity index is 2.04. The van der Waals surface area contributed by atoms with E-state index in [1.165, 1.54) is 11.5 Å². The molecule has 1 aromatic rings. The summed E-state index contributed by atoms with van der Waals surface area (Å²) in [5, 5.41) is 10.3. The highest BCUT2D eigenvalue weighted by atomic mass is 32.1. The molecule has 1 aliphatic rings. The number of rotatable bonds is 4. The number of hydrogen-bond acceptors (Lipinski definition) is 6. The fourth-order valence-electron chi connectivity index (χ4n) is 2.27. The van der Waals surface area contributed by atoms with Crippen molar-refractivity contribution >= 4 is 16.7 Å². The number of aliphatic hydroxyl groups excluding tert-OH is 1. The van der Waals surface area contributed by atoms with Crippen molar-refractivity contribution in [1.82, 2.24) is 9.36 Å². The van der Waals surface area contributed by atoms with Gasteiger partial charge in [0.15, 0.2) is 0 Å². The van der Waals surface area contributed by atoms with Crippen molar-refractivity contribution < 1.29 is 5.11 Å². The van der Waals surface area contributed by atoms with Gasteiger partial charge < -0.3 is 15.7 Å². The van der Waals surface area contributed by atoms with Gasteiger partial charge in [0.2, 0.25) is 5.13 Å². The van der Waals surface area contributed by atoms with Gasteiger partial charge in [0.25, 0.3) is 0 Å². The first-order valence-corrected chi connectivity index (χ1v) is 7.27. The molecule has 6 heteroatoms. The molecule has 1 saturated heterocycles. The molecule has 0 spiro atoms. The van der Waals surface area contributed by atoms with Crippen molar-refractivity contribution in [3.8, 4) is 0 Å². The van der Waals surface area contributed by atoms with Crippen LogP contribution in [0.5, 0.6) is 0 Å². The molecule has 0 bridgehead atoms. The summed E-state index contributed by atoms with van der Waals surface area (Å²) in [6, 6.07) is 0. The van der Waals surface area contributed by atoms with E-state index in [9.17, 15) is 5.11 Å². The average Bonchev–Trinajstić information content (AvgIpc) is 2.77. The van der Waals surface area contributed by atoms with Crippen LogP contribution in [0.15, 0.2) is 0 Å². The van der Waals surface area contributed by atoms with Crippen LogP contribution in [0.1, 0.15) is 32.5 Å². The van der Waals surface area contributed by atoms with Crippen LogP contribution in [0.25, 0.3) is 0 Å². The van der Waals surface area contributed by atoms with Gasteiger partial charge in [0, 0.05) is 31.0 Å². The summed E-state index contributed by atoms with van der Waals surface area (Å²) in [6.07, 6.45) is 2.78. The van der Waals surface area contributed by atoms with Crippen LogP contribution >= 0.6 is 11.5 Å². The third-order valence-corrected chi connectivity index (χ3v) is 4.06. The second-order valence-corrected chi connectivity index (χ2v) is 6.37. The summed E-state index contributed by atoms with van der Waals surface area (Å²) >= 11 is 1.44. The van der Waals surface area contributed by atoms with Gasteiger partial charge in [0.05, 0.1) is 12.1 Å². The number of aliphatic hydroxyl groups is 1. The summed E-state index contributed by atoms with van der Waals surface area (Å²) in [4.78, 5) is 6.72. The summed E-state index contributed by atoms with van der Waals surface area (Å²) in [5.41, 5.74) is 5.65. The van der Waals surface area contributed by atoms with E-state index in [2.05, 4.69) is 28.1 Å². The fraction of sp³-hybridized carbons (Fsp3) is 0.833. The molecule has 102 valence electrons. The number of piperidine rings is 1. The molecule has 2 rings (SSSR count). The van der Waals surface area contributed by atoms with Crippen LogP contribution in [0.4, 0.5) is 5.13 Å². The van der Waals surface area contributed by atoms with Crippen LogP contribution in [0, 0.1) is 5.92 Å². The molecular weight excluding hydrogens is 248 g/mol. The molecular formula is C12H22N4OS. The maximum absolute atomic E-state index is 9.35. The molecule has 5 nitrogen and oxygen atoms in total. The van der Waals surface area contributed by atoms with Gasteiger partial charge in [-0.3, -0.25) is 0 Å². The topological polar surface area (TPSA) is 75.3 Å². The molecule has 1 aromatic heterocycles. The van der Waals surface area contributed by atoms with E-state index >= 15 is 0 Å². The average molecular weight is 270 g/mol. The maximum Gasteiger partial charge on any atom is 0.205 e. The van der Waals surface area contributed by atoms with Crippen molar-refractivity contribution in [2.45, 2.75) is 38.6 Å².